The van der Waals surface area contributed by atoms with E-state index in [1.165, 1.54) is 0 Å². The van der Waals surface area contributed by atoms with Crippen LogP contribution >= 0.6 is 0 Å². The Hall–Kier alpha value is -2.62. The van der Waals surface area contributed by atoms with E-state index in [1.54, 1.807) is 26.4 Å². The Morgan fingerprint density at radius 1 is 0.692 bits per heavy atom. The lowest BCUT2D eigenvalue weighted by atomic mass is 9.99. The van der Waals surface area contributed by atoms with Crippen molar-refractivity contribution in [2.75, 3.05) is 14.2 Å². The van der Waals surface area contributed by atoms with Gasteiger partial charge < -0.3 is 9.47 Å². The van der Waals surface area contributed by atoms with Crippen molar-refractivity contribution in [2.45, 2.75) is 39.5 Å². The number of ether oxygens (including phenoxy) is 2. The van der Waals surface area contributed by atoms with Crippen LogP contribution in [-0.2, 0) is 0 Å². The fourth-order valence-corrected chi connectivity index (χ4v) is 2.71. The molecule has 0 aliphatic carbocycles. The molecule has 0 N–H and O–H groups in total. The van der Waals surface area contributed by atoms with Gasteiger partial charge in [0.25, 0.3) is 0 Å². The van der Waals surface area contributed by atoms with E-state index in [0.29, 0.717) is 34.5 Å². The zero-order chi connectivity index (χ0) is 19.7. The summed E-state index contributed by atoms with van der Waals surface area (Å²) in [4.78, 5) is 21.4. The van der Waals surface area contributed by atoms with E-state index in [-0.39, 0.29) is 0 Å². The molecular weight excluding hydrogens is 328 g/mol. The van der Waals surface area contributed by atoms with E-state index in [2.05, 4.69) is 27.7 Å². The monoisotopic (exact) mass is 356 g/mol. The summed E-state index contributed by atoms with van der Waals surface area (Å²) in [6.45, 7) is 8.30. The highest BCUT2D eigenvalue weighted by atomic mass is 16.5. The van der Waals surface area contributed by atoms with Crippen molar-refractivity contribution in [3.8, 4) is 11.5 Å². The quantitative estimate of drug-likeness (QED) is 0.662. The Morgan fingerprint density at radius 2 is 1.04 bits per heavy atom. The number of methoxy groups -OCH3 is 2. The van der Waals surface area contributed by atoms with Crippen molar-refractivity contribution in [1.29, 1.82) is 0 Å². The lowest BCUT2D eigenvalue weighted by Crippen LogP contribution is -1.97. The van der Waals surface area contributed by atoms with Crippen molar-refractivity contribution < 1.29 is 19.1 Å². The van der Waals surface area contributed by atoms with Crippen molar-refractivity contribution in [3.63, 3.8) is 0 Å². The maximum atomic E-state index is 10.7. The van der Waals surface area contributed by atoms with Crippen LogP contribution < -0.4 is 9.47 Å². The van der Waals surface area contributed by atoms with Gasteiger partial charge in [0.1, 0.15) is 11.5 Å². The largest absolute Gasteiger partial charge is 0.496 e. The number of aldehydes is 2. The van der Waals surface area contributed by atoms with Gasteiger partial charge in [0.2, 0.25) is 0 Å². The van der Waals surface area contributed by atoms with Gasteiger partial charge in [-0.15, -0.1) is 0 Å². The zero-order valence-corrected chi connectivity index (χ0v) is 16.4. The number of hydrogen-bond donors (Lipinski definition) is 0. The van der Waals surface area contributed by atoms with E-state index >= 15 is 0 Å². The Morgan fingerprint density at radius 3 is 1.27 bits per heavy atom. The molecule has 0 aliphatic heterocycles. The predicted octanol–water partition coefficient (Wildman–Crippen LogP) is 5.26. The molecule has 0 saturated heterocycles. The SMILES string of the molecule is COc1c(C=O)cccc1C(C)C.COc1c(C=O)cccc1C(C)C. The van der Waals surface area contributed by atoms with Crippen molar-refractivity contribution in [2.24, 2.45) is 0 Å². The van der Waals surface area contributed by atoms with Gasteiger partial charge in [-0.2, -0.15) is 0 Å². The van der Waals surface area contributed by atoms with Gasteiger partial charge in [0.05, 0.1) is 25.3 Å². The van der Waals surface area contributed by atoms with E-state index in [0.717, 1.165) is 23.7 Å². The average molecular weight is 356 g/mol. The first-order chi connectivity index (χ1) is 12.4. The summed E-state index contributed by atoms with van der Waals surface area (Å²) >= 11 is 0. The zero-order valence-electron chi connectivity index (χ0n) is 16.4. The molecule has 2 aromatic carbocycles. The third-order valence-electron chi connectivity index (χ3n) is 4.06. The van der Waals surface area contributed by atoms with Crippen LogP contribution in [0.2, 0.25) is 0 Å². The predicted molar refractivity (Wildman–Crippen MR) is 105 cm³/mol. The Kier molecular flexibility index (Phi) is 8.56. The molecule has 0 saturated carbocycles. The highest BCUT2D eigenvalue weighted by Crippen LogP contribution is 2.29. The van der Waals surface area contributed by atoms with Crippen LogP contribution in [0.25, 0.3) is 0 Å². The van der Waals surface area contributed by atoms with Crippen LogP contribution in [0.1, 0.15) is 71.4 Å². The normalized spacial score (nSPS) is 10.2. The van der Waals surface area contributed by atoms with Gasteiger partial charge in [-0.3, -0.25) is 9.59 Å². The Labute approximate surface area is 156 Å². The van der Waals surface area contributed by atoms with Crippen molar-refractivity contribution >= 4 is 12.6 Å². The third kappa shape index (κ3) is 5.19. The maximum absolute atomic E-state index is 10.7. The van der Waals surface area contributed by atoms with Gasteiger partial charge in [0.15, 0.2) is 12.6 Å². The molecule has 0 unspecified atom stereocenters. The molecule has 0 spiro atoms. The smallest absolute Gasteiger partial charge is 0.153 e. The minimum atomic E-state index is 0.370. The van der Waals surface area contributed by atoms with Gasteiger partial charge in [0, 0.05) is 0 Å². The molecule has 26 heavy (non-hydrogen) atoms. The third-order valence-corrected chi connectivity index (χ3v) is 4.06. The summed E-state index contributed by atoms with van der Waals surface area (Å²) < 4.78 is 10.4. The minimum Gasteiger partial charge on any atom is -0.496 e. The fraction of sp³-hybridized carbons (Fsp3) is 0.364. The summed E-state index contributed by atoms with van der Waals surface area (Å²) in [5.74, 6) is 2.14. The summed E-state index contributed by atoms with van der Waals surface area (Å²) in [6, 6.07) is 11.2. The molecule has 4 nitrogen and oxygen atoms in total. The van der Waals surface area contributed by atoms with Gasteiger partial charge in [-0.25, -0.2) is 0 Å². The van der Waals surface area contributed by atoms with E-state index in [1.807, 2.05) is 24.3 Å². The van der Waals surface area contributed by atoms with Crippen molar-refractivity contribution in [3.05, 3.63) is 58.7 Å². The second kappa shape index (κ2) is 10.4. The number of carbonyl (C=O) groups excluding carboxylic acids is 2. The van der Waals surface area contributed by atoms with Gasteiger partial charge >= 0.3 is 0 Å². The van der Waals surface area contributed by atoms with E-state index in [9.17, 15) is 9.59 Å². The number of benzene rings is 2. The molecular formula is C22H28O4. The summed E-state index contributed by atoms with van der Waals surface area (Å²) in [6.07, 6.45) is 1.65. The van der Waals surface area contributed by atoms with Gasteiger partial charge in [-0.05, 0) is 35.1 Å². The van der Waals surface area contributed by atoms with E-state index in [4.69, 9.17) is 9.47 Å². The van der Waals surface area contributed by atoms with Crippen LogP contribution in [0.15, 0.2) is 36.4 Å². The fourth-order valence-electron chi connectivity index (χ4n) is 2.71. The molecule has 4 heteroatoms. The van der Waals surface area contributed by atoms with Crippen molar-refractivity contribution in [1.82, 2.24) is 0 Å². The first-order valence-corrected chi connectivity index (χ1v) is 8.65. The first-order valence-electron chi connectivity index (χ1n) is 8.65. The second-order valence-electron chi connectivity index (χ2n) is 6.48. The summed E-state index contributed by atoms with van der Waals surface area (Å²) in [5.41, 5.74) is 3.39. The van der Waals surface area contributed by atoms with Crippen LogP contribution in [0.4, 0.5) is 0 Å². The summed E-state index contributed by atoms with van der Waals surface area (Å²) in [5, 5.41) is 0. The van der Waals surface area contributed by atoms with Crippen LogP contribution in [-0.4, -0.2) is 26.8 Å². The maximum Gasteiger partial charge on any atom is 0.153 e. The first kappa shape index (κ1) is 21.4. The average Bonchev–Trinajstić information content (AvgIpc) is 2.66. The van der Waals surface area contributed by atoms with Gasteiger partial charge in [-0.1, -0.05) is 52.0 Å². The number of rotatable bonds is 6. The Balaban J connectivity index is 0.000000260. The number of para-hydroxylation sites is 2. The molecule has 2 aromatic rings. The molecule has 0 atom stereocenters. The molecule has 0 fully saturated rings. The van der Waals surface area contributed by atoms with Crippen LogP contribution in [0.5, 0.6) is 11.5 Å². The Bertz CT molecular complexity index is 669. The molecule has 140 valence electrons. The lowest BCUT2D eigenvalue weighted by Gasteiger charge is -2.12. The number of carbonyl (C=O) groups is 2. The second-order valence-corrected chi connectivity index (χ2v) is 6.48. The topological polar surface area (TPSA) is 52.6 Å². The molecule has 0 aromatic heterocycles. The molecule has 0 amide bonds. The minimum absolute atomic E-state index is 0.370. The highest BCUT2D eigenvalue weighted by molar-refractivity contribution is 5.80. The molecule has 2 rings (SSSR count). The number of hydrogen-bond acceptors (Lipinski definition) is 4. The molecule has 0 bridgehead atoms. The van der Waals surface area contributed by atoms with E-state index < -0.39 is 0 Å². The lowest BCUT2D eigenvalue weighted by molar-refractivity contribution is 0.111. The molecule has 0 aliphatic rings. The van der Waals surface area contributed by atoms with Crippen LogP contribution in [0.3, 0.4) is 0 Å². The summed E-state index contributed by atoms with van der Waals surface area (Å²) in [7, 11) is 3.18. The highest BCUT2D eigenvalue weighted by Gasteiger charge is 2.11. The van der Waals surface area contributed by atoms with Crippen LogP contribution in [0, 0.1) is 0 Å². The molecule has 0 heterocycles. The standard InChI is InChI=1S/2C11H14O2/c2*1-8(2)10-6-4-5-9(7-12)11(10)13-3/h2*4-8H,1-3H3. The molecule has 0 radical (unpaired) electrons.